The van der Waals surface area contributed by atoms with E-state index in [1.54, 1.807) is 48.5 Å². The van der Waals surface area contributed by atoms with Crippen LogP contribution in [0.25, 0.3) is 6.08 Å². The maximum atomic E-state index is 12.5. The van der Waals surface area contributed by atoms with Crippen molar-refractivity contribution in [1.82, 2.24) is 5.32 Å². The fraction of sp³-hybridized carbons (Fsp3) is 0.120. The molecule has 1 N–H and O–H groups in total. The van der Waals surface area contributed by atoms with E-state index < -0.39 is 5.91 Å². The summed E-state index contributed by atoms with van der Waals surface area (Å²) in [6, 6.07) is 19.8. The number of ether oxygens (including phenoxy) is 3. The number of amides is 1. The van der Waals surface area contributed by atoms with Crippen molar-refractivity contribution in [1.29, 1.82) is 5.26 Å². The lowest BCUT2D eigenvalue weighted by Crippen LogP contribution is -2.23. The normalized spacial score (nSPS) is 12.2. The molecule has 0 aromatic heterocycles. The van der Waals surface area contributed by atoms with Gasteiger partial charge in [-0.15, -0.1) is 0 Å². The molecule has 3 aromatic rings. The number of nitrogens with one attached hydrogen (secondary N) is 1. The molecule has 0 aliphatic carbocycles. The molecular weight excluding hydrogens is 463 g/mol. The second-order valence-electron chi connectivity index (χ2n) is 7.15. The Balaban J connectivity index is 1.39. The van der Waals surface area contributed by atoms with E-state index in [2.05, 4.69) is 5.32 Å². The van der Waals surface area contributed by atoms with Crippen molar-refractivity contribution in [2.24, 2.45) is 0 Å². The first kappa shape index (κ1) is 22.5. The Morgan fingerprint density at radius 3 is 2.67 bits per heavy atom. The summed E-state index contributed by atoms with van der Waals surface area (Å²) in [5.41, 5.74) is 2.35. The molecule has 0 saturated carbocycles. The zero-order valence-electron chi connectivity index (χ0n) is 17.3. The quantitative estimate of drug-likeness (QED) is 0.355. The van der Waals surface area contributed by atoms with E-state index >= 15 is 0 Å². The summed E-state index contributed by atoms with van der Waals surface area (Å²) in [6.45, 7) is 0.731. The number of carbonyl (C=O) groups excluding carboxylic acids is 1. The Hall–Kier alpha value is -3.66. The van der Waals surface area contributed by atoms with E-state index in [1.165, 1.54) is 6.08 Å². The van der Waals surface area contributed by atoms with Crippen LogP contribution >= 0.6 is 23.2 Å². The summed E-state index contributed by atoms with van der Waals surface area (Å²) >= 11 is 12.0. The number of nitriles is 1. The lowest BCUT2D eigenvalue weighted by atomic mass is 10.1. The number of hydrogen-bond acceptors (Lipinski definition) is 5. The Morgan fingerprint density at radius 1 is 1.03 bits per heavy atom. The highest BCUT2D eigenvalue weighted by molar-refractivity contribution is 6.42. The fourth-order valence-electron chi connectivity index (χ4n) is 3.13. The molecule has 33 heavy (non-hydrogen) atoms. The summed E-state index contributed by atoms with van der Waals surface area (Å²) in [6.07, 6.45) is 1.51. The number of carbonyl (C=O) groups is 1. The molecule has 1 aliphatic rings. The SMILES string of the molecule is N#CC(=Cc1cccc(OCc2ccc(Cl)c(Cl)c2)c1)C(=O)NCc1ccc2c(c1)OCO2. The maximum absolute atomic E-state index is 12.5. The van der Waals surface area contributed by atoms with Crippen molar-refractivity contribution in [3.8, 4) is 23.3 Å². The van der Waals surface area contributed by atoms with Crippen LogP contribution in [0.5, 0.6) is 17.2 Å². The zero-order chi connectivity index (χ0) is 23.2. The van der Waals surface area contributed by atoms with Gasteiger partial charge in [-0.05, 0) is 59.2 Å². The third kappa shape index (κ3) is 5.78. The molecular formula is C25H18Cl2N2O4. The number of nitrogens with zero attached hydrogens (tertiary/aromatic N) is 1. The molecule has 0 bridgehead atoms. The summed E-state index contributed by atoms with van der Waals surface area (Å²) in [5, 5.41) is 13.2. The van der Waals surface area contributed by atoms with Gasteiger partial charge in [-0.1, -0.05) is 47.5 Å². The van der Waals surface area contributed by atoms with Crippen LogP contribution in [-0.4, -0.2) is 12.7 Å². The predicted octanol–water partition coefficient (Wildman–Crippen LogP) is 5.52. The van der Waals surface area contributed by atoms with Gasteiger partial charge in [0.05, 0.1) is 10.0 Å². The minimum absolute atomic E-state index is 0.0163. The topological polar surface area (TPSA) is 80.6 Å². The van der Waals surface area contributed by atoms with Crippen LogP contribution in [0.3, 0.4) is 0 Å². The van der Waals surface area contributed by atoms with Crippen molar-refractivity contribution in [3.63, 3.8) is 0 Å². The van der Waals surface area contributed by atoms with E-state index in [0.717, 1.165) is 11.1 Å². The first-order valence-corrected chi connectivity index (χ1v) is 10.7. The highest BCUT2D eigenvalue weighted by Gasteiger charge is 2.14. The van der Waals surface area contributed by atoms with Gasteiger partial charge >= 0.3 is 0 Å². The van der Waals surface area contributed by atoms with Crippen molar-refractivity contribution < 1.29 is 19.0 Å². The van der Waals surface area contributed by atoms with Crippen molar-refractivity contribution >= 4 is 35.2 Å². The second kappa shape index (κ2) is 10.3. The third-order valence-corrected chi connectivity index (χ3v) is 5.55. The van der Waals surface area contributed by atoms with Gasteiger partial charge in [0.15, 0.2) is 11.5 Å². The van der Waals surface area contributed by atoms with Crippen LogP contribution in [0.2, 0.25) is 10.0 Å². The van der Waals surface area contributed by atoms with E-state index in [1.807, 2.05) is 18.2 Å². The van der Waals surface area contributed by atoms with Gasteiger partial charge in [0.25, 0.3) is 5.91 Å². The highest BCUT2D eigenvalue weighted by atomic mass is 35.5. The Morgan fingerprint density at radius 2 is 1.85 bits per heavy atom. The van der Waals surface area contributed by atoms with Gasteiger partial charge in [-0.3, -0.25) is 4.79 Å². The van der Waals surface area contributed by atoms with Gasteiger partial charge < -0.3 is 19.5 Å². The average Bonchev–Trinajstić information content (AvgIpc) is 3.30. The molecule has 6 nitrogen and oxygen atoms in total. The van der Waals surface area contributed by atoms with Crippen molar-refractivity contribution in [2.75, 3.05) is 6.79 Å². The summed E-state index contributed by atoms with van der Waals surface area (Å²) in [5.74, 6) is 1.42. The van der Waals surface area contributed by atoms with Gasteiger partial charge in [0.1, 0.15) is 24.0 Å². The van der Waals surface area contributed by atoms with Gasteiger partial charge in [0.2, 0.25) is 6.79 Å². The number of rotatable bonds is 7. The van der Waals surface area contributed by atoms with Gasteiger partial charge in [-0.2, -0.15) is 5.26 Å². The molecule has 0 radical (unpaired) electrons. The van der Waals surface area contributed by atoms with E-state index in [-0.39, 0.29) is 18.9 Å². The van der Waals surface area contributed by atoms with Crippen LogP contribution in [0, 0.1) is 11.3 Å². The smallest absolute Gasteiger partial charge is 0.262 e. The molecule has 3 aromatic carbocycles. The van der Waals surface area contributed by atoms with Crippen molar-refractivity contribution in [2.45, 2.75) is 13.2 Å². The van der Waals surface area contributed by atoms with Gasteiger partial charge in [0, 0.05) is 6.54 Å². The Bertz CT molecular complexity index is 1270. The minimum atomic E-state index is -0.475. The molecule has 166 valence electrons. The monoisotopic (exact) mass is 480 g/mol. The van der Waals surface area contributed by atoms with Crippen LogP contribution in [0.1, 0.15) is 16.7 Å². The fourth-order valence-corrected chi connectivity index (χ4v) is 3.45. The van der Waals surface area contributed by atoms with Crippen LogP contribution in [0.4, 0.5) is 0 Å². The van der Waals surface area contributed by atoms with E-state index in [0.29, 0.717) is 39.5 Å². The molecule has 1 aliphatic heterocycles. The number of halogens is 2. The predicted molar refractivity (Wildman–Crippen MR) is 125 cm³/mol. The average molecular weight is 481 g/mol. The third-order valence-electron chi connectivity index (χ3n) is 4.81. The lowest BCUT2D eigenvalue weighted by molar-refractivity contribution is -0.117. The standard InChI is InChI=1S/C25H18Cl2N2O4/c26-21-6-4-18(10-22(21)27)14-31-20-3-1-2-16(9-20)8-19(12-28)25(30)29-13-17-5-7-23-24(11-17)33-15-32-23/h1-11H,13-15H2,(H,29,30). The Labute approximate surface area is 200 Å². The van der Waals surface area contributed by atoms with Crippen LogP contribution in [0.15, 0.2) is 66.2 Å². The Kier molecular flexibility index (Phi) is 7.04. The lowest BCUT2D eigenvalue weighted by Gasteiger charge is -2.08. The zero-order valence-corrected chi connectivity index (χ0v) is 18.8. The highest BCUT2D eigenvalue weighted by Crippen LogP contribution is 2.32. The molecule has 1 amide bonds. The van der Waals surface area contributed by atoms with Crippen LogP contribution in [-0.2, 0) is 17.9 Å². The first-order valence-electron chi connectivity index (χ1n) is 9.97. The van der Waals surface area contributed by atoms with E-state index in [9.17, 15) is 10.1 Å². The minimum Gasteiger partial charge on any atom is -0.489 e. The molecule has 4 rings (SSSR count). The molecule has 0 atom stereocenters. The molecule has 0 fully saturated rings. The number of fused-ring (bicyclic) bond motifs is 1. The number of benzene rings is 3. The first-order chi connectivity index (χ1) is 16.0. The summed E-state index contributed by atoms with van der Waals surface area (Å²) in [4.78, 5) is 12.5. The molecule has 1 heterocycles. The van der Waals surface area contributed by atoms with Gasteiger partial charge in [-0.25, -0.2) is 0 Å². The summed E-state index contributed by atoms with van der Waals surface area (Å²) in [7, 11) is 0. The van der Waals surface area contributed by atoms with Crippen LogP contribution < -0.4 is 19.5 Å². The van der Waals surface area contributed by atoms with E-state index in [4.69, 9.17) is 37.4 Å². The number of hydrogen-bond donors (Lipinski definition) is 1. The van der Waals surface area contributed by atoms with Crippen molar-refractivity contribution in [3.05, 3.63) is 93.0 Å². The maximum Gasteiger partial charge on any atom is 0.262 e. The second-order valence-corrected chi connectivity index (χ2v) is 7.96. The molecule has 0 spiro atoms. The molecule has 8 heteroatoms. The molecule has 0 saturated heterocycles. The molecule has 0 unspecified atom stereocenters. The largest absolute Gasteiger partial charge is 0.489 e. The summed E-state index contributed by atoms with van der Waals surface area (Å²) < 4.78 is 16.4.